The second kappa shape index (κ2) is 5.42. The summed E-state index contributed by atoms with van der Waals surface area (Å²) in [6, 6.07) is 13.3. The van der Waals surface area contributed by atoms with E-state index in [0.29, 0.717) is 0 Å². The van der Waals surface area contributed by atoms with Crippen LogP contribution in [0, 0.1) is 11.3 Å². The van der Waals surface area contributed by atoms with Crippen molar-refractivity contribution in [1.29, 1.82) is 5.26 Å². The minimum absolute atomic E-state index is 0.212. The summed E-state index contributed by atoms with van der Waals surface area (Å²) in [6.45, 7) is 0. The number of hydrogen-bond donors (Lipinski definition) is 1. The first-order chi connectivity index (χ1) is 9.13. The first kappa shape index (κ1) is 12.9. The van der Waals surface area contributed by atoms with Crippen molar-refractivity contribution >= 4 is 17.5 Å². The van der Waals surface area contributed by atoms with Crippen molar-refractivity contribution in [3.8, 4) is 17.6 Å². The van der Waals surface area contributed by atoms with Gasteiger partial charge in [-0.2, -0.15) is 5.26 Å². The SMILES string of the molecule is N#Cc1c(Cl)cccc1Oc1ccccc1C(N)=O. The zero-order valence-electron chi connectivity index (χ0n) is 9.76. The molecule has 0 saturated carbocycles. The Labute approximate surface area is 115 Å². The lowest BCUT2D eigenvalue weighted by molar-refractivity contribution is 0.0998. The molecule has 0 fully saturated rings. The van der Waals surface area contributed by atoms with Crippen LogP contribution in [0.1, 0.15) is 15.9 Å². The van der Waals surface area contributed by atoms with Gasteiger partial charge in [0.25, 0.3) is 5.91 Å². The molecule has 0 aliphatic heterocycles. The highest BCUT2D eigenvalue weighted by Crippen LogP contribution is 2.31. The fourth-order valence-corrected chi connectivity index (χ4v) is 1.78. The van der Waals surface area contributed by atoms with Crippen LogP contribution in [-0.4, -0.2) is 5.91 Å². The number of para-hydroxylation sites is 1. The van der Waals surface area contributed by atoms with Crippen LogP contribution in [0.15, 0.2) is 42.5 Å². The van der Waals surface area contributed by atoms with Crippen molar-refractivity contribution in [3.63, 3.8) is 0 Å². The van der Waals surface area contributed by atoms with E-state index in [9.17, 15) is 4.79 Å². The molecule has 0 atom stereocenters. The number of carbonyl (C=O) groups is 1. The van der Waals surface area contributed by atoms with Gasteiger partial charge in [0.1, 0.15) is 23.1 Å². The highest BCUT2D eigenvalue weighted by Gasteiger charge is 2.13. The Bertz CT molecular complexity index is 677. The standard InChI is InChI=1S/C14H9ClN2O2/c15-11-5-3-7-13(10(11)8-16)19-12-6-2-1-4-9(12)14(17)18/h1-7H,(H2,17,18). The maximum Gasteiger partial charge on any atom is 0.252 e. The summed E-state index contributed by atoms with van der Waals surface area (Å²) in [7, 11) is 0. The Hall–Kier alpha value is -2.51. The fourth-order valence-electron chi connectivity index (χ4n) is 1.58. The van der Waals surface area contributed by atoms with Gasteiger partial charge in [0.2, 0.25) is 0 Å². The molecule has 2 aromatic carbocycles. The fraction of sp³-hybridized carbons (Fsp3) is 0. The van der Waals surface area contributed by atoms with E-state index in [1.807, 2.05) is 6.07 Å². The monoisotopic (exact) mass is 272 g/mol. The highest BCUT2D eigenvalue weighted by atomic mass is 35.5. The van der Waals surface area contributed by atoms with Crippen LogP contribution in [-0.2, 0) is 0 Å². The van der Waals surface area contributed by atoms with Gasteiger partial charge in [-0.25, -0.2) is 0 Å². The number of amides is 1. The van der Waals surface area contributed by atoms with Crippen LogP contribution in [0.5, 0.6) is 11.5 Å². The minimum atomic E-state index is -0.601. The van der Waals surface area contributed by atoms with Gasteiger partial charge in [0, 0.05) is 0 Å². The van der Waals surface area contributed by atoms with Crippen LogP contribution in [0.25, 0.3) is 0 Å². The average Bonchev–Trinajstić information content (AvgIpc) is 2.39. The van der Waals surface area contributed by atoms with Crippen LogP contribution in [0.2, 0.25) is 5.02 Å². The molecule has 94 valence electrons. The number of primary amides is 1. The molecule has 19 heavy (non-hydrogen) atoms. The van der Waals surface area contributed by atoms with Gasteiger partial charge in [0.05, 0.1) is 10.6 Å². The van der Waals surface area contributed by atoms with Crippen molar-refractivity contribution in [3.05, 3.63) is 58.6 Å². The van der Waals surface area contributed by atoms with Crippen LogP contribution < -0.4 is 10.5 Å². The third kappa shape index (κ3) is 2.67. The van der Waals surface area contributed by atoms with Crippen molar-refractivity contribution in [2.45, 2.75) is 0 Å². The smallest absolute Gasteiger partial charge is 0.252 e. The molecule has 2 rings (SSSR count). The van der Waals surface area contributed by atoms with E-state index >= 15 is 0 Å². The number of carbonyl (C=O) groups excluding carboxylic acids is 1. The van der Waals surface area contributed by atoms with Crippen molar-refractivity contribution in [1.82, 2.24) is 0 Å². The highest BCUT2D eigenvalue weighted by molar-refractivity contribution is 6.31. The molecule has 0 heterocycles. The van der Waals surface area contributed by atoms with Crippen molar-refractivity contribution < 1.29 is 9.53 Å². The van der Waals surface area contributed by atoms with Crippen LogP contribution >= 0.6 is 11.6 Å². The Morgan fingerprint density at radius 2 is 1.84 bits per heavy atom. The molecule has 0 radical (unpaired) electrons. The van der Waals surface area contributed by atoms with Gasteiger partial charge < -0.3 is 10.5 Å². The summed E-state index contributed by atoms with van der Waals surface area (Å²) in [5, 5.41) is 9.34. The molecule has 1 amide bonds. The topological polar surface area (TPSA) is 76.1 Å². The number of nitrogens with zero attached hydrogens (tertiary/aromatic N) is 1. The Morgan fingerprint density at radius 3 is 2.53 bits per heavy atom. The molecular weight excluding hydrogens is 264 g/mol. The molecule has 5 heteroatoms. The lowest BCUT2D eigenvalue weighted by Gasteiger charge is -2.10. The molecule has 2 N–H and O–H groups in total. The van der Waals surface area contributed by atoms with Gasteiger partial charge in [-0.15, -0.1) is 0 Å². The van der Waals surface area contributed by atoms with Gasteiger partial charge >= 0.3 is 0 Å². The molecule has 0 aliphatic carbocycles. The number of benzene rings is 2. The van der Waals surface area contributed by atoms with Gasteiger partial charge in [0.15, 0.2) is 0 Å². The Morgan fingerprint density at radius 1 is 1.16 bits per heavy atom. The number of nitrogens with two attached hydrogens (primary N) is 1. The molecule has 4 nitrogen and oxygen atoms in total. The molecule has 0 aliphatic rings. The van der Waals surface area contributed by atoms with E-state index in [0.717, 1.165) is 0 Å². The number of ether oxygens (including phenoxy) is 1. The maximum absolute atomic E-state index is 11.3. The number of hydrogen-bond acceptors (Lipinski definition) is 3. The Balaban J connectivity index is 2.46. The summed E-state index contributed by atoms with van der Waals surface area (Å²) < 4.78 is 5.57. The third-order valence-corrected chi connectivity index (χ3v) is 2.77. The first-order valence-electron chi connectivity index (χ1n) is 5.39. The molecular formula is C14H9ClN2O2. The number of nitriles is 1. The summed E-state index contributed by atoms with van der Waals surface area (Å²) in [5.41, 5.74) is 5.71. The van der Waals surface area contributed by atoms with E-state index in [1.165, 1.54) is 0 Å². The van der Waals surface area contributed by atoms with E-state index in [2.05, 4.69) is 0 Å². The second-order valence-electron chi connectivity index (χ2n) is 3.69. The van der Waals surface area contributed by atoms with Crippen LogP contribution in [0.3, 0.4) is 0 Å². The predicted octanol–water partition coefficient (Wildman–Crippen LogP) is 3.10. The van der Waals surface area contributed by atoms with Crippen molar-refractivity contribution in [2.24, 2.45) is 5.73 Å². The molecule has 0 aromatic heterocycles. The summed E-state index contributed by atoms with van der Waals surface area (Å²) in [5.74, 6) is -0.0337. The Kier molecular flexibility index (Phi) is 3.69. The number of halogens is 1. The van der Waals surface area contributed by atoms with E-state index in [4.69, 9.17) is 27.3 Å². The minimum Gasteiger partial charge on any atom is -0.455 e. The lowest BCUT2D eigenvalue weighted by atomic mass is 10.2. The molecule has 2 aromatic rings. The van der Waals surface area contributed by atoms with E-state index in [-0.39, 0.29) is 27.6 Å². The first-order valence-corrected chi connectivity index (χ1v) is 5.76. The van der Waals surface area contributed by atoms with Crippen molar-refractivity contribution in [2.75, 3.05) is 0 Å². The second-order valence-corrected chi connectivity index (χ2v) is 4.09. The van der Waals surface area contributed by atoms with Crippen LogP contribution in [0.4, 0.5) is 0 Å². The quantitative estimate of drug-likeness (QED) is 0.933. The largest absolute Gasteiger partial charge is 0.455 e. The molecule has 0 unspecified atom stereocenters. The zero-order valence-corrected chi connectivity index (χ0v) is 10.5. The normalized spacial score (nSPS) is 9.68. The molecule has 0 bridgehead atoms. The van der Waals surface area contributed by atoms with Gasteiger partial charge in [-0.1, -0.05) is 29.8 Å². The molecule has 0 saturated heterocycles. The molecule has 0 spiro atoms. The maximum atomic E-state index is 11.3. The third-order valence-electron chi connectivity index (χ3n) is 2.46. The number of rotatable bonds is 3. The van der Waals surface area contributed by atoms with Gasteiger partial charge in [-0.3, -0.25) is 4.79 Å². The summed E-state index contributed by atoms with van der Waals surface area (Å²) >= 11 is 5.90. The summed E-state index contributed by atoms with van der Waals surface area (Å²) in [6.07, 6.45) is 0. The van der Waals surface area contributed by atoms with Gasteiger partial charge in [-0.05, 0) is 24.3 Å². The lowest BCUT2D eigenvalue weighted by Crippen LogP contribution is -2.12. The predicted molar refractivity (Wildman–Crippen MR) is 71.2 cm³/mol. The summed E-state index contributed by atoms with van der Waals surface area (Å²) in [4.78, 5) is 11.3. The van der Waals surface area contributed by atoms with E-state index < -0.39 is 5.91 Å². The average molecular weight is 273 g/mol. The van der Waals surface area contributed by atoms with E-state index in [1.54, 1.807) is 42.5 Å². The zero-order chi connectivity index (χ0) is 13.8.